The van der Waals surface area contributed by atoms with E-state index in [4.69, 9.17) is 5.73 Å². The number of hydrogen-bond donors (Lipinski definition) is 2. The Morgan fingerprint density at radius 1 is 1.32 bits per heavy atom. The van der Waals surface area contributed by atoms with Crippen molar-refractivity contribution < 1.29 is 18.0 Å². The largest absolute Gasteiger partial charge is 0.416 e. The number of nitrogens with zero attached hydrogens (tertiary/aromatic N) is 2. The summed E-state index contributed by atoms with van der Waals surface area (Å²) in [5.41, 5.74) is 5.48. The zero-order valence-corrected chi connectivity index (χ0v) is 17.1. The number of benzene rings is 1. The molecule has 0 bridgehead atoms. The molecule has 9 heteroatoms. The van der Waals surface area contributed by atoms with Crippen molar-refractivity contribution in [2.45, 2.75) is 45.8 Å². The molecule has 28 heavy (non-hydrogen) atoms. The Labute approximate surface area is 168 Å². The van der Waals surface area contributed by atoms with Crippen LogP contribution in [0.4, 0.5) is 13.2 Å². The number of alkyl halides is 3. The molecule has 1 unspecified atom stereocenters. The molecule has 1 atom stereocenters. The zero-order chi connectivity index (χ0) is 20.4. The van der Waals surface area contributed by atoms with E-state index in [1.807, 2.05) is 20.8 Å². The third-order valence-electron chi connectivity index (χ3n) is 4.40. The molecule has 0 aliphatic carbocycles. The maximum absolute atomic E-state index is 12.9. The fourth-order valence-electron chi connectivity index (χ4n) is 3.13. The van der Waals surface area contributed by atoms with Crippen LogP contribution < -0.4 is 11.1 Å². The van der Waals surface area contributed by atoms with Gasteiger partial charge in [-0.1, -0.05) is 19.9 Å². The molecule has 156 valence electrons. The Morgan fingerprint density at radius 2 is 1.96 bits per heavy atom. The van der Waals surface area contributed by atoms with Crippen molar-refractivity contribution in [1.29, 1.82) is 0 Å². The molecular weight excluding hydrogens is 393 g/mol. The smallest absolute Gasteiger partial charge is 0.345 e. The summed E-state index contributed by atoms with van der Waals surface area (Å²) in [6.07, 6.45) is -2.38. The minimum atomic E-state index is -4.45. The molecule has 1 aromatic heterocycles. The van der Waals surface area contributed by atoms with Crippen LogP contribution in [0.2, 0.25) is 0 Å². The van der Waals surface area contributed by atoms with Crippen molar-refractivity contribution in [2.75, 3.05) is 6.54 Å². The van der Waals surface area contributed by atoms with Gasteiger partial charge in [-0.3, -0.25) is 4.79 Å². The first-order valence-corrected chi connectivity index (χ1v) is 8.71. The quantitative estimate of drug-likeness (QED) is 0.741. The first kappa shape index (κ1) is 24.0. The van der Waals surface area contributed by atoms with Crippen LogP contribution in [0.5, 0.6) is 0 Å². The second-order valence-corrected chi connectivity index (χ2v) is 7.42. The Kier molecular flexibility index (Phi) is 7.67. The first-order chi connectivity index (χ1) is 12.5. The normalized spacial score (nSPS) is 13.8. The number of halogens is 4. The highest BCUT2D eigenvalue weighted by atomic mass is 35.5. The third-order valence-corrected chi connectivity index (χ3v) is 4.40. The number of amides is 1. The van der Waals surface area contributed by atoms with Gasteiger partial charge in [-0.25, -0.2) is 4.68 Å². The molecule has 5 nitrogen and oxygen atoms in total. The minimum Gasteiger partial charge on any atom is -0.345 e. The number of carbonyl (C=O) groups is 1. The van der Waals surface area contributed by atoms with Gasteiger partial charge < -0.3 is 11.1 Å². The average Bonchev–Trinajstić information content (AvgIpc) is 2.95. The lowest BCUT2D eigenvalue weighted by molar-refractivity contribution is -0.137. The van der Waals surface area contributed by atoms with Gasteiger partial charge in [0.15, 0.2) is 0 Å². The van der Waals surface area contributed by atoms with Crippen molar-refractivity contribution >= 4 is 18.3 Å². The number of nitrogens with one attached hydrogen (secondary N) is 1. The van der Waals surface area contributed by atoms with E-state index in [2.05, 4.69) is 10.4 Å². The molecule has 0 spiro atoms. The SMILES string of the molecule is Cc1c(C(=O)NC(C)(CN)CC(C)C)cnn1-c1cccc(C(F)(F)F)c1.Cl. The van der Waals surface area contributed by atoms with E-state index in [0.29, 0.717) is 23.6 Å². The summed E-state index contributed by atoms with van der Waals surface area (Å²) in [6, 6.07) is 4.83. The molecule has 2 aromatic rings. The fourth-order valence-corrected chi connectivity index (χ4v) is 3.13. The third kappa shape index (κ3) is 5.48. The summed E-state index contributed by atoms with van der Waals surface area (Å²) in [4.78, 5) is 12.7. The molecule has 0 aliphatic rings. The van der Waals surface area contributed by atoms with E-state index in [9.17, 15) is 18.0 Å². The topological polar surface area (TPSA) is 72.9 Å². The highest BCUT2D eigenvalue weighted by molar-refractivity contribution is 5.95. The van der Waals surface area contributed by atoms with Crippen molar-refractivity contribution in [3.8, 4) is 5.69 Å². The fraction of sp³-hybridized carbons (Fsp3) is 0.474. The van der Waals surface area contributed by atoms with Crippen LogP contribution in [0.25, 0.3) is 5.69 Å². The standard InChI is InChI=1S/C19H25F3N4O.ClH/c1-12(2)9-18(4,11-23)25-17(27)16-10-24-26(13(16)3)15-7-5-6-14(8-15)19(20,21)22;/h5-8,10,12H,9,11,23H2,1-4H3,(H,25,27);1H. The van der Waals surface area contributed by atoms with Crippen LogP contribution in [0.3, 0.4) is 0 Å². The Hall–Kier alpha value is -2.06. The van der Waals surface area contributed by atoms with Crippen molar-refractivity contribution in [1.82, 2.24) is 15.1 Å². The zero-order valence-electron chi connectivity index (χ0n) is 16.3. The Bertz CT molecular complexity index is 820. The van der Waals surface area contributed by atoms with Crippen LogP contribution >= 0.6 is 12.4 Å². The average molecular weight is 419 g/mol. The molecule has 2 rings (SSSR count). The number of hydrogen-bond acceptors (Lipinski definition) is 3. The predicted molar refractivity (Wildman–Crippen MR) is 105 cm³/mol. The van der Waals surface area contributed by atoms with Crippen molar-refractivity contribution in [3.05, 3.63) is 47.3 Å². The summed E-state index contributed by atoms with van der Waals surface area (Å²) >= 11 is 0. The lowest BCUT2D eigenvalue weighted by Crippen LogP contribution is -2.52. The molecule has 0 saturated carbocycles. The van der Waals surface area contributed by atoms with Gasteiger partial charge in [0.2, 0.25) is 0 Å². The predicted octanol–water partition coefficient (Wildman–Crippen LogP) is 4.11. The van der Waals surface area contributed by atoms with E-state index >= 15 is 0 Å². The van der Waals surface area contributed by atoms with Gasteiger partial charge in [0.05, 0.1) is 28.7 Å². The van der Waals surface area contributed by atoms with E-state index in [-0.39, 0.29) is 30.5 Å². The lowest BCUT2D eigenvalue weighted by Gasteiger charge is -2.31. The Morgan fingerprint density at radius 3 is 2.50 bits per heavy atom. The van der Waals surface area contributed by atoms with Crippen molar-refractivity contribution in [3.63, 3.8) is 0 Å². The summed E-state index contributed by atoms with van der Waals surface area (Å²) in [7, 11) is 0. The number of carbonyl (C=O) groups excluding carboxylic acids is 1. The maximum atomic E-state index is 12.9. The van der Waals surface area contributed by atoms with Gasteiger partial charge in [-0.15, -0.1) is 12.4 Å². The van der Waals surface area contributed by atoms with Crippen LogP contribution in [0.1, 0.15) is 48.8 Å². The molecule has 0 aliphatic heterocycles. The van der Waals surface area contributed by atoms with E-state index in [1.165, 1.54) is 23.0 Å². The summed E-state index contributed by atoms with van der Waals surface area (Å²) < 4.78 is 40.1. The molecule has 1 heterocycles. The van der Waals surface area contributed by atoms with Crippen LogP contribution in [0.15, 0.2) is 30.5 Å². The molecule has 0 fully saturated rings. The second-order valence-electron chi connectivity index (χ2n) is 7.42. The maximum Gasteiger partial charge on any atom is 0.416 e. The van der Waals surface area contributed by atoms with Gasteiger partial charge in [0.1, 0.15) is 0 Å². The van der Waals surface area contributed by atoms with Gasteiger partial charge in [-0.2, -0.15) is 18.3 Å². The highest BCUT2D eigenvalue weighted by Crippen LogP contribution is 2.30. The van der Waals surface area contributed by atoms with E-state index in [0.717, 1.165) is 12.1 Å². The molecule has 0 radical (unpaired) electrons. The minimum absolute atomic E-state index is 0. The lowest BCUT2D eigenvalue weighted by atomic mass is 9.90. The summed E-state index contributed by atoms with van der Waals surface area (Å²) in [6.45, 7) is 7.87. The summed E-state index contributed by atoms with van der Waals surface area (Å²) in [5, 5.41) is 7.04. The van der Waals surface area contributed by atoms with Crippen molar-refractivity contribution in [2.24, 2.45) is 11.7 Å². The van der Waals surface area contributed by atoms with Gasteiger partial charge in [0.25, 0.3) is 5.91 Å². The molecule has 1 aromatic carbocycles. The molecule has 0 saturated heterocycles. The van der Waals surface area contributed by atoms with Crippen LogP contribution in [-0.2, 0) is 6.18 Å². The molecule has 1 amide bonds. The second kappa shape index (κ2) is 8.96. The van der Waals surface area contributed by atoms with Gasteiger partial charge >= 0.3 is 6.18 Å². The van der Waals surface area contributed by atoms with E-state index in [1.54, 1.807) is 6.92 Å². The number of rotatable bonds is 6. The van der Waals surface area contributed by atoms with E-state index < -0.39 is 17.3 Å². The van der Waals surface area contributed by atoms with Gasteiger partial charge in [0, 0.05) is 12.1 Å². The van der Waals surface area contributed by atoms with Crippen LogP contribution in [-0.4, -0.2) is 27.8 Å². The van der Waals surface area contributed by atoms with Gasteiger partial charge in [-0.05, 0) is 44.4 Å². The first-order valence-electron chi connectivity index (χ1n) is 8.71. The summed E-state index contributed by atoms with van der Waals surface area (Å²) in [5.74, 6) is -0.00731. The monoisotopic (exact) mass is 418 g/mol. The Balaban J connectivity index is 0.00000392. The number of aromatic nitrogens is 2. The highest BCUT2D eigenvalue weighted by Gasteiger charge is 2.31. The molecule has 3 N–H and O–H groups in total. The van der Waals surface area contributed by atoms with Crippen LogP contribution in [0, 0.1) is 12.8 Å². The number of nitrogens with two attached hydrogens (primary N) is 1. The molecular formula is C19H26ClF3N4O.